The summed E-state index contributed by atoms with van der Waals surface area (Å²) >= 11 is 0. The van der Waals surface area contributed by atoms with Gasteiger partial charge in [-0.2, -0.15) is 0 Å². The molecule has 8 heteroatoms. The van der Waals surface area contributed by atoms with Crippen molar-refractivity contribution in [3.63, 3.8) is 0 Å². The first-order valence-corrected chi connectivity index (χ1v) is 8.67. The van der Waals surface area contributed by atoms with Crippen molar-refractivity contribution in [3.05, 3.63) is 29.8 Å². The minimum Gasteiger partial charge on any atom is -0.493 e. The van der Waals surface area contributed by atoms with Gasteiger partial charge in [-0.3, -0.25) is 9.59 Å². The second kappa shape index (κ2) is 10.3. The fraction of sp³-hybridized carbons (Fsp3) is 0.450. The standard InChI is InChI=1S/C20H28N2O6/c1-20(2,3)21-17(23)12-22(4)18(24)13-28-19(25)10-8-14-7-9-15(26-5)16(11-14)27-6/h7-11H,12-13H2,1-6H3,(H,21,23)/b10-8+. The number of methoxy groups -OCH3 is 2. The van der Waals surface area contributed by atoms with E-state index in [2.05, 4.69) is 5.32 Å². The van der Waals surface area contributed by atoms with Gasteiger partial charge in [0.05, 0.1) is 20.8 Å². The number of nitrogens with zero attached hydrogens (tertiary/aromatic N) is 1. The van der Waals surface area contributed by atoms with Crippen LogP contribution in [0.5, 0.6) is 11.5 Å². The van der Waals surface area contributed by atoms with E-state index in [9.17, 15) is 14.4 Å². The Morgan fingerprint density at radius 3 is 2.32 bits per heavy atom. The van der Waals surface area contributed by atoms with Crippen LogP contribution < -0.4 is 14.8 Å². The summed E-state index contributed by atoms with van der Waals surface area (Å²) in [6, 6.07) is 5.16. The zero-order valence-electron chi connectivity index (χ0n) is 17.2. The molecule has 8 nitrogen and oxygen atoms in total. The zero-order chi connectivity index (χ0) is 21.3. The van der Waals surface area contributed by atoms with Crippen molar-refractivity contribution >= 4 is 23.9 Å². The van der Waals surface area contributed by atoms with Gasteiger partial charge in [0.2, 0.25) is 5.91 Å². The summed E-state index contributed by atoms with van der Waals surface area (Å²) in [5, 5.41) is 2.75. The number of hydrogen-bond donors (Lipinski definition) is 1. The number of likely N-dealkylation sites (N-methyl/N-ethyl adjacent to an activating group) is 1. The van der Waals surface area contributed by atoms with Gasteiger partial charge in [0.25, 0.3) is 5.91 Å². The fourth-order valence-electron chi connectivity index (χ4n) is 2.17. The largest absolute Gasteiger partial charge is 0.493 e. The van der Waals surface area contributed by atoms with E-state index in [1.54, 1.807) is 18.2 Å². The number of ether oxygens (including phenoxy) is 3. The number of amides is 2. The lowest BCUT2D eigenvalue weighted by atomic mass is 10.1. The van der Waals surface area contributed by atoms with Crippen LogP contribution in [-0.4, -0.2) is 62.6 Å². The molecule has 0 aromatic heterocycles. The van der Waals surface area contributed by atoms with Gasteiger partial charge in [-0.15, -0.1) is 0 Å². The SMILES string of the molecule is COc1ccc(/C=C/C(=O)OCC(=O)N(C)CC(=O)NC(C)(C)C)cc1OC. The van der Waals surface area contributed by atoms with Crippen LogP contribution >= 0.6 is 0 Å². The smallest absolute Gasteiger partial charge is 0.331 e. The van der Waals surface area contributed by atoms with Crippen LogP contribution in [0.25, 0.3) is 6.08 Å². The highest BCUT2D eigenvalue weighted by Crippen LogP contribution is 2.27. The molecular weight excluding hydrogens is 364 g/mol. The van der Waals surface area contributed by atoms with Crippen molar-refractivity contribution in [1.82, 2.24) is 10.2 Å². The van der Waals surface area contributed by atoms with Crippen molar-refractivity contribution in [3.8, 4) is 11.5 Å². The van der Waals surface area contributed by atoms with Gasteiger partial charge in [-0.05, 0) is 44.5 Å². The van der Waals surface area contributed by atoms with Crippen molar-refractivity contribution in [2.75, 3.05) is 34.4 Å². The molecule has 0 atom stereocenters. The summed E-state index contributed by atoms with van der Waals surface area (Å²) in [5.41, 5.74) is 0.319. The minimum absolute atomic E-state index is 0.116. The van der Waals surface area contributed by atoms with Crippen LogP contribution in [0.4, 0.5) is 0 Å². The van der Waals surface area contributed by atoms with Crippen LogP contribution in [0.1, 0.15) is 26.3 Å². The Kier molecular flexibility index (Phi) is 8.50. The average molecular weight is 392 g/mol. The Bertz CT molecular complexity index is 737. The third-order valence-electron chi connectivity index (χ3n) is 3.48. The van der Waals surface area contributed by atoms with E-state index < -0.39 is 18.5 Å². The molecule has 0 aliphatic rings. The van der Waals surface area contributed by atoms with Gasteiger partial charge in [0, 0.05) is 18.7 Å². The minimum atomic E-state index is -0.671. The molecule has 0 fully saturated rings. The lowest BCUT2D eigenvalue weighted by Gasteiger charge is -2.23. The number of esters is 1. The van der Waals surface area contributed by atoms with E-state index in [1.165, 1.54) is 38.3 Å². The molecule has 0 heterocycles. The summed E-state index contributed by atoms with van der Waals surface area (Å²) in [6.07, 6.45) is 2.75. The number of benzene rings is 1. The van der Waals surface area contributed by atoms with Crippen molar-refractivity contribution in [2.24, 2.45) is 0 Å². The monoisotopic (exact) mass is 392 g/mol. The number of hydrogen-bond acceptors (Lipinski definition) is 6. The normalized spacial score (nSPS) is 11.1. The topological polar surface area (TPSA) is 94.2 Å². The van der Waals surface area contributed by atoms with Crippen LogP contribution in [0.2, 0.25) is 0 Å². The number of carbonyl (C=O) groups excluding carboxylic acids is 3. The van der Waals surface area contributed by atoms with E-state index in [1.807, 2.05) is 20.8 Å². The molecule has 28 heavy (non-hydrogen) atoms. The van der Waals surface area contributed by atoms with Crippen molar-refractivity contribution in [2.45, 2.75) is 26.3 Å². The molecule has 0 bridgehead atoms. The molecule has 0 unspecified atom stereocenters. The Morgan fingerprint density at radius 2 is 1.75 bits per heavy atom. The molecule has 0 aliphatic carbocycles. The van der Waals surface area contributed by atoms with Gasteiger partial charge < -0.3 is 24.4 Å². The van der Waals surface area contributed by atoms with E-state index in [0.29, 0.717) is 17.1 Å². The van der Waals surface area contributed by atoms with E-state index >= 15 is 0 Å². The molecule has 1 N–H and O–H groups in total. The molecule has 1 aromatic carbocycles. The van der Waals surface area contributed by atoms with Crippen LogP contribution in [0, 0.1) is 0 Å². The fourth-order valence-corrected chi connectivity index (χ4v) is 2.17. The van der Waals surface area contributed by atoms with Gasteiger partial charge in [-0.1, -0.05) is 6.07 Å². The van der Waals surface area contributed by atoms with Crippen LogP contribution in [0.15, 0.2) is 24.3 Å². The summed E-state index contributed by atoms with van der Waals surface area (Å²) in [7, 11) is 4.52. The van der Waals surface area contributed by atoms with Crippen LogP contribution in [0.3, 0.4) is 0 Å². The quantitative estimate of drug-likeness (QED) is 0.534. The summed E-state index contributed by atoms with van der Waals surface area (Å²) < 4.78 is 15.3. The third kappa shape index (κ3) is 8.11. The molecule has 2 amide bonds. The maximum Gasteiger partial charge on any atom is 0.331 e. The number of nitrogens with one attached hydrogen (secondary N) is 1. The second-order valence-electron chi connectivity index (χ2n) is 7.10. The van der Waals surface area contributed by atoms with Crippen molar-refractivity contribution in [1.29, 1.82) is 0 Å². The lowest BCUT2D eigenvalue weighted by Crippen LogP contribution is -2.46. The zero-order valence-corrected chi connectivity index (χ0v) is 17.2. The molecule has 1 aromatic rings. The Labute approximate surface area is 165 Å². The first-order chi connectivity index (χ1) is 13.1. The average Bonchev–Trinajstić information content (AvgIpc) is 2.62. The van der Waals surface area contributed by atoms with E-state index in [-0.39, 0.29) is 18.0 Å². The maximum atomic E-state index is 12.0. The van der Waals surface area contributed by atoms with Crippen molar-refractivity contribution < 1.29 is 28.6 Å². The Morgan fingerprint density at radius 1 is 1.11 bits per heavy atom. The molecular formula is C20H28N2O6. The van der Waals surface area contributed by atoms with Crippen LogP contribution in [-0.2, 0) is 19.1 Å². The highest BCUT2D eigenvalue weighted by molar-refractivity contribution is 5.90. The van der Waals surface area contributed by atoms with Gasteiger partial charge in [-0.25, -0.2) is 4.79 Å². The molecule has 0 aliphatic heterocycles. The van der Waals surface area contributed by atoms with Gasteiger partial charge in [0.1, 0.15) is 0 Å². The molecule has 154 valence electrons. The lowest BCUT2D eigenvalue weighted by molar-refractivity contribution is -0.148. The summed E-state index contributed by atoms with van der Waals surface area (Å²) in [5.74, 6) is -0.328. The second-order valence-corrected chi connectivity index (χ2v) is 7.10. The molecule has 0 spiro atoms. The maximum absolute atomic E-state index is 12.0. The molecule has 0 radical (unpaired) electrons. The molecule has 0 saturated carbocycles. The number of rotatable bonds is 8. The highest BCUT2D eigenvalue weighted by atomic mass is 16.5. The number of carbonyl (C=O) groups is 3. The molecule has 1 rings (SSSR count). The van der Waals surface area contributed by atoms with Gasteiger partial charge in [0.15, 0.2) is 18.1 Å². The van der Waals surface area contributed by atoms with Gasteiger partial charge >= 0.3 is 5.97 Å². The third-order valence-corrected chi connectivity index (χ3v) is 3.48. The predicted molar refractivity (Wildman–Crippen MR) is 105 cm³/mol. The summed E-state index contributed by atoms with van der Waals surface area (Å²) in [6.45, 7) is 4.97. The highest BCUT2D eigenvalue weighted by Gasteiger charge is 2.18. The van der Waals surface area contributed by atoms with E-state index in [0.717, 1.165) is 0 Å². The predicted octanol–water partition coefficient (Wildman–Crippen LogP) is 1.63. The first-order valence-electron chi connectivity index (χ1n) is 8.67. The van der Waals surface area contributed by atoms with E-state index in [4.69, 9.17) is 14.2 Å². The summed E-state index contributed by atoms with van der Waals surface area (Å²) in [4.78, 5) is 36.8. The first kappa shape index (κ1) is 23.0. The Balaban J connectivity index is 2.52. The molecule has 0 saturated heterocycles. The Hall–Kier alpha value is -3.03.